The third kappa shape index (κ3) is 3.37. The Balaban J connectivity index is 2.23. The average Bonchev–Trinajstić information content (AvgIpc) is 2.47. The summed E-state index contributed by atoms with van der Waals surface area (Å²) >= 11 is 0. The Labute approximate surface area is 121 Å². The summed E-state index contributed by atoms with van der Waals surface area (Å²) in [7, 11) is 0. The van der Waals surface area contributed by atoms with Crippen LogP contribution in [-0.2, 0) is 4.74 Å². The van der Waals surface area contributed by atoms with Gasteiger partial charge in [0.2, 0.25) is 0 Å². The molecule has 0 aliphatic carbocycles. The summed E-state index contributed by atoms with van der Waals surface area (Å²) in [4.78, 5) is 2.45. The first-order chi connectivity index (χ1) is 9.55. The van der Waals surface area contributed by atoms with Gasteiger partial charge in [0.25, 0.3) is 0 Å². The Morgan fingerprint density at radius 3 is 2.40 bits per heavy atom. The molecule has 3 nitrogen and oxygen atoms in total. The molecule has 112 valence electrons. The predicted molar refractivity (Wildman–Crippen MR) is 79.3 cm³/mol. The van der Waals surface area contributed by atoms with Gasteiger partial charge in [0.15, 0.2) is 0 Å². The lowest BCUT2D eigenvalue weighted by atomic mass is 9.86. The van der Waals surface area contributed by atoms with Gasteiger partial charge in [-0.15, -0.1) is 0 Å². The van der Waals surface area contributed by atoms with Crippen molar-refractivity contribution in [2.45, 2.75) is 32.4 Å². The first-order valence-corrected chi connectivity index (χ1v) is 7.37. The van der Waals surface area contributed by atoms with Gasteiger partial charge in [-0.3, -0.25) is 4.90 Å². The van der Waals surface area contributed by atoms with Gasteiger partial charge in [-0.05, 0) is 38.1 Å². The molecule has 1 fully saturated rings. The van der Waals surface area contributed by atoms with Gasteiger partial charge in [0.05, 0.1) is 19.3 Å². The highest BCUT2D eigenvalue weighted by Gasteiger charge is 2.36. The van der Waals surface area contributed by atoms with Crippen LogP contribution >= 0.6 is 0 Å². The summed E-state index contributed by atoms with van der Waals surface area (Å²) in [5, 5.41) is 3.55. The highest BCUT2D eigenvalue weighted by Crippen LogP contribution is 2.31. The van der Waals surface area contributed by atoms with Gasteiger partial charge >= 0.3 is 0 Å². The van der Waals surface area contributed by atoms with Crippen LogP contribution in [0.5, 0.6) is 0 Å². The third-order valence-electron chi connectivity index (χ3n) is 4.14. The molecule has 0 saturated carbocycles. The summed E-state index contributed by atoms with van der Waals surface area (Å²) in [6, 6.07) is 7.01. The quantitative estimate of drug-likeness (QED) is 0.897. The molecular weight excluding hydrogens is 255 g/mol. The second-order valence-corrected chi connectivity index (χ2v) is 5.80. The minimum atomic E-state index is -0.187. The van der Waals surface area contributed by atoms with Crippen molar-refractivity contribution < 1.29 is 9.13 Å². The molecule has 1 atom stereocenters. The number of hydrogen-bond donors (Lipinski definition) is 1. The second-order valence-electron chi connectivity index (χ2n) is 5.80. The number of rotatable bonds is 5. The van der Waals surface area contributed by atoms with Crippen LogP contribution in [0.25, 0.3) is 0 Å². The molecule has 1 unspecified atom stereocenters. The number of morpholine rings is 1. The molecule has 4 heteroatoms. The van der Waals surface area contributed by atoms with Crippen molar-refractivity contribution in [3.05, 3.63) is 35.6 Å². The zero-order chi connectivity index (χ0) is 14.6. The van der Waals surface area contributed by atoms with Crippen LogP contribution in [0.4, 0.5) is 4.39 Å². The van der Waals surface area contributed by atoms with Crippen molar-refractivity contribution in [3.8, 4) is 0 Å². The molecule has 1 aliphatic rings. The van der Waals surface area contributed by atoms with Gasteiger partial charge in [-0.25, -0.2) is 4.39 Å². The lowest BCUT2D eigenvalue weighted by Crippen LogP contribution is -2.56. The van der Waals surface area contributed by atoms with Crippen LogP contribution in [0, 0.1) is 5.82 Å². The standard InChI is InChI=1S/C16H25FN2O/c1-4-18-15(13-5-7-14(17)8-6-13)16(2,3)19-9-11-20-12-10-19/h5-8,15,18H,4,9-12H2,1-3H3. The SMILES string of the molecule is CCNC(c1ccc(F)cc1)C(C)(C)N1CCOCC1. The zero-order valence-electron chi connectivity index (χ0n) is 12.7. The molecule has 2 rings (SSSR count). The number of nitrogens with one attached hydrogen (secondary N) is 1. The first-order valence-electron chi connectivity index (χ1n) is 7.37. The molecule has 0 radical (unpaired) electrons. The van der Waals surface area contributed by atoms with E-state index in [0.29, 0.717) is 0 Å². The van der Waals surface area contributed by atoms with E-state index in [1.807, 2.05) is 12.1 Å². The Morgan fingerprint density at radius 1 is 1.25 bits per heavy atom. The molecule has 20 heavy (non-hydrogen) atoms. The van der Waals surface area contributed by atoms with Crippen LogP contribution in [0.3, 0.4) is 0 Å². The van der Waals surface area contributed by atoms with Crippen molar-refractivity contribution in [2.24, 2.45) is 0 Å². The maximum absolute atomic E-state index is 13.1. The summed E-state index contributed by atoms with van der Waals surface area (Å²) in [6.07, 6.45) is 0. The molecule has 0 bridgehead atoms. The molecule has 1 aliphatic heterocycles. The lowest BCUT2D eigenvalue weighted by molar-refractivity contribution is -0.0236. The second kappa shape index (κ2) is 6.66. The number of halogens is 1. The molecule has 0 spiro atoms. The number of hydrogen-bond acceptors (Lipinski definition) is 3. The monoisotopic (exact) mass is 280 g/mol. The highest BCUT2D eigenvalue weighted by molar-refractivity contribution is 5.23. The summed E-state index contributed by atoms with van der Waals surface area (Å²) in [6.45, 7) is 10.9. The van der Waals surface area contributed by atoms with Gasteiger partial charge in [0.1, 0.15) is 5.82 Å². The van der Waals surface area contributed by atoms with Gasteiger partial charge in [-0.1, -0.05) is 19.1 Å². The topological polar surface area (TPSA) is 24.5 Å². The van der Waals surface area contributed by atoms with Crippen LogP contribution < -0.4 is 5.32 Å². The molecule has 1 saturated heterocycles. The minimum absolute atomic E-state index is 0.0440. The van der Waals surface area contributed by atoms with E-state index < -0.39 is 0 Å². The Hall–Kier alpha value is -0.970. The Kier molecular flexibility index (Phi) is 5.13. The van der Waals surface area contributed by atoms with Gasteiger partial charge in [-0.2, -0.15) is 0 Å². The maximum atomic E-state index is 13.1. The molecule has 0 aromatic heterocycles. The largest absolute Gasteiger partial charge is 0.379 e. The van der Waals surface area contributed by atoms with E-state index in [9.17, 15) is 4.39 Å². The zero-order valence-corrected chi connectivity index (χ0v) is 12.7. The smallest absolute Gasteiger partial charge is 0.123 e. The average molecular weight is 280 g/mol. The van der Waals surface area contributed by atoms with E-state index in [4.69, 9.17) is 4.74 Å². The van der Waals surface area contributed by atoms with Crippen molar-refractivity contribution in [3.63, 3.8) is 0 Å². The molecular formula is C16H25FN2O. The van der Waals surface area contributed by atoms with Crippen LogP contribution in [0.15, 0.2) is 24.3 Å². The predicted octanol–water partition coefficient (Wildman–Crippen LogP) is 2.59. The van der Waals surface area contributed by atoms with E-state index in [-0.39, 0.29) is 17.4 Å². The molecule has 0 amide bonds. The maximum Gasteiger partial charge on any atom is 0.123 e. The van der Waals surface area contributed by atoms with Crippen molar-refractivity contribution in [1.82, 2.24) is 10.2 Å². The number of likely N-dealkylation sites (N-methyl/N-ethyl adjacent to an activating group) is 1. The Bertz CT molecular complexity index is 413. The van der Waals surface area contributed by atoms with E-state index in [0.717, 1.165) is 38.4 Å². The molecule has 1 aromatic rings. The van der Waals surface area contributed by atoms with Crippen molar-refractivity contribution in [1.29, 1.82) is 0 Å². The van der Waals surface area contributed by atoms with Gasteiger partial charge < -0.3 is 10.1 Å². The first kappa shape index (κ1) is 15.4. The Morgan fingerprint density at radius 2 is 1.85 bits per heavy atom. The highest BCUT2D eigenvalue weighted by atomic mass is 19.1. The van der Waals surface area contributed by atoms with Crippen molar-refractivity contribution >= 4 is 0 Å². The molecule has 1 heterocycles. The number of ether oxygens (including phenoxy) is 1. The lowest BCUT2D eigenvalue weighted by Gasteiger charge is -2.46. The van der Waals surface area contributed by atoms with E-state index in [2.05, 4.69) is 31.0 Å². The fourth-order valence-corrected chi connectivity index (χ4v) is 2.96. The summed E-state index contributed by atoms with van der Waals surface area (Å²) in [5.74, 6) is -0.187. The van der Waals surface area contributed by atoms with E-state index in [1.165, 1.54) is 12.1 Å². The fourth-order valence-electron chi connectivity index (χ4n) is 2.96. The van der Waals surface area contributed by atoms with Crippen LogP contribution in [0.1, 0.15) is 32.4 Å². The summed E-state index contributed by atoms with van der Waals surface area (Å²) in [5.41, 5.74) is 1.09. The number of benzene rings is 1. The molecule has 1 N–H and O–H groups in total. The van der Waals surface area contributed by atoms with Crippen LogP contribution in [0.2, 0.25) is 0 Å². The fraction of sp³-hybridized carbons (Fsp3) is 0.625. The molecule has 1 aromatic carbocycles. The van der Waals surface area contributed by atoms with Crippen molar-refractivity contribution in [2.75, 3.05) is 32.8 Å². The number of nitrogens with zero attached hydrogens (tertiary/aromatic N) is 1. The van der Waals surface area contributed by atoms with E-state index in [1.54, 1.807) is 0 Å². The van der Waals surface area contributed by atoms with Gasteiger partial charge in [0, 0.05) is 18.6 Å². The van der Waals surface area contributed by atoms with E-state index >= 15 is 0 Å². The third-order valence-corrected chi connectivity index (χ3v) is 4.14. The minimum Gasteiger partial charge on any atom is -0.379 e. The normalized spacial score (nSPS) is 19.0. The summed E-state index contributed by atoms with van der Waals surface area (Å²) < 4.78 is 18.6. The van der Waals surface area contributed by atoms with Crippen LogP contribution in [-0.4, -0.2) is 43.3 Å².